The van der Waals surface area contributed by atoms with Gasteiger partial charge >= 0.3 is 0 Å². The van der Waals surface area contributed by atoms with Crippen LogP contribution in [0.2, 0.25) is 0 Å². The first-order valence-electron chi connectivity index (χ1n) is 7.90. The van der Waals surface area contributed by atoms with Gasteiger partial charge in [0, 0.05) is 36.4 Å². The third-order valence-electron chi connectivity index (χ3n) is 3.94. The standard InChI is InChI=1S/C19H19N3O2/c1-13-2-3-15-11-16(19(24)22-17(15)10-13)4-5-18(23)21-12-14-6-8-20-9-7-14/h2-3,6-11H,4-5,12H2,1H3,(H,21,23)(H,22,24). The minimum atomic E-state index is -0.130. The second kappa shape index (κ2) is 7.08. The maximum Gasteiger partial charge on any atom is 0.251 e. The van der Waals surface area contributed by atoms with E-state index in [0.29, 0.717) is 18.5 Å². The van der Waals surface area contributed by atoms with Crippen LogP contribution in [0.3, 0.4) is 0 Å². The second-order valence-electron chi connectivity index (χ2n) is 5.85. The molecule has 0 atom stereocenters. The van der Waals surface area contributed by atoms with Crippen LogP contribution in [0.15, 0.2) is 53.6 Å². The molecule has 5 heteroatoms. The van der Waals surface area contributed by atoms with E-state index < -0.39 is 0 Å². The first kappa shape index (κ1) is 15.9. The zero-order chi connectivity index (χ0) is 16.9. The van der Waals surface area contributed by atoms with Crippen LogP contribution in [0.5, 0.6) is 0 Å². The van der Waals surface area contributed by atoms with Gasteiger partial charge in [-0.05, 0) is 54.1 Å². The van der Waals surface area contributed by atoms with Gasteiger partial charge in [0.15, 0.2) is 0 Å². The Labute approximate surface area is 139 Å². The number of pyridine rings is 2. The number of hydrogen-bond donors (Lipinski definition) is 2. The van der Waals surface area contributed by atoms with E-state index in [9.17, 15) is 9.59 Å². The molecule has 3 rings (SSSR count). The summed E-state index contributed by atoms with van der Waals surface area (Å²) >= 11 is 0. The molecular formula is C19H19N3O2. The number of aromatic nitrogens is 2. The highest BCUT2D eigenvalue weighted by Gasteiger charge is 2.07. The largest absolute Gasteiger partial charge is 0.352 e. The fourth-order valence-corrected chi connectivity index (χ4v) is 2.58. The van der Waals surface area contributed by atoms with Gasteiger partial charge in [0.05, 0.1) is 0 Å². The topological polar surface area (TPSA) is 74.8 Å². The molecule has 1 amide bonds. The van der Waals surface area contributed by atoms with Crippen molar-refractivity contribution in [1.82, 2.24) is 15.3 Å². The van der Waals surface area contributed by atoms with Crippen molar-refractivity contribution in [1.29, 1.82) is 0 Å². The number of amides is 1. The summed E-state index contributed by atoms with van der Waals surface area (Å²) in [6.45, 7) is 2.45. The van der Waals surface area contributed by atoms with E-state index >= 15 is 0 Å². The van der Waals surface area contributed by atoms with E-state index in [1.54, 1.807) is 12.4 Å². The highest BCUT2D eigenvalue weighted by atomic mass is 16.1. The number of rotatable bonds is 5. The van der Waals surface area contributed by atoms with Gasteiger partial charge in [-0.15, -0.1) is 0 Å². The van der Waals surface area contributed by atoms with Crippen molar-refractivity contribution in [3.63, 3.8) is 0 Å². The van der Waals surface area contributed by atoms with Crippen molar-refractivity contribution in [3.05, 3.63) is 75.8 Å². The number of carbonyl (C=O) groups excluding carboxylic acids is 1. The number of aromatic amines is 1. The molecule has 5 nitrogen and oxygen atoms in total. The zero-order valence-electron chi connectivity index (χ0n) is 13.5. The number of hydrogen-bond acceptors (Lipinski definition) is 3. The lowest BCUT2D eigenvalue weighted by Crippen LogP contribution is -2.24. The summed E-state index contributed by atoms with van der Waals surface area (Å²) in [7, 11) is 0. The first-order valence-corrected chi connectivity index (χ1v) is 7.90. The summed E-state index contributed by atoms with van der Waals surface area (Å²) in [5.41, 5.74) is 3.42. The fourth-order valence-electron chi connectivity index (χ4n) is 2.58. The van der Waals surface area contributed by atoms with E-state index in [4.69, 9.17) is 0 Å². The highest BCUT2D eigenvalue weighted by Crippen LogP contribution is 2.13. The number of H-pyrrole nitrogens is 1. The first-order chi connectivity index (χ1) is 11.6. The van der Waals surface area contributed by atoms with Crippen molar-refractivity contribution >= 4 is 16.8 Å². The average molecular weight is 321 g/mol. The quantitative estimate of drug-likeness (QED) is 0.758. The minimum absolute atomic E-state index is 0.0739. The molecule has 0 saturated heterocycles. The predicted molar refractivity (Wildman–Crippen MR) is 93.7 cm³/mol. The van der Waals surface area contributed by atoms with Crippen LogP contribution in [0.4, 0.5) is 0 Å². The number of carbonyl (C=O) groups is 1. The molecule has 0 aliphatic rings. The Kier molecular flexibility index (Phi) is 4.70. The lowest BCUT2D eigenvalue weighted by Gasteiger charge is -2.06. The van der Waals surface area contributed by atoms with Crippen LogP contribution in [0, 0.1) is 6.92 Å². The summed E-state index contributed by atoms with van der Waals surface area (Å²) in [4.78, 5) is 30.9. The van der Waals surface area contributed by atoms with Gasteiger partial charge in [0.2, 0.25) is 5.91 Å². The van der Waals surface area contributed by atoms with Gasteiger partial charge in [0.25, 0.3) is 5.56 Å². The van der Waals surface area contributed by atoms with Gasteiger partial charge in [0.1, 0.15) is 0 Å². The Bertz CT molecular complexity index is 917. The maximum atomic E-state index is 12.1. The summed E-state index contributed by atoms with van der Waals surface area (Å²) in [6.07, 6.45) is 4.09. The molecule has 0 radical (unpaired) electrons. The average Bonchev–Trinajstić information content (AvgIpc) is 2.59. The van der Waals surface area contributed by atoms with Crippen LogP contribution in [-0.2, 0) is 17.8 Å². The maximum absolute atomic E-state index is 12.1. The molecule has 24 heavy (non-hydrogen) atoms. The van der Waals surface area contributed by atoms with Gasteiger partial charge < -0.3 is 10.3 Å². The molecule has 2 N–H and O–H groups in total. The third-order valence-corrected chi connectivity index (χ3v) is 3.94. The molecule has 0 aliphatic carbocycles. The fraction of sp³-hybridized carbons (Fsp3) is 0.211. The molecule has 0 unspecified atom stereocenters. The van der Waals surface area contributed by atoms with E-state index in [-0.39, 0.29) is 17.9 Å². The Morgan fingerprint density at radius 2 is 1.96 bits per heavy atom. The zero-order valence-corrected chi connectivity index (χ0v) is 13.5. The molecular weight excluding hydrogens is 302 g/mol. The van der Waals surface area contributed by atoms with Crippen molar-refractivity contribution in [2.75, 3.05) is 0 Å². The summed E-state index contributed by atoms with van der Waals surface area (Å²) < 4.78 is 0. The molecule has 2 heterocycles. The molecule has 0 saturated carbocycles. The highest BCUT2D eigenvalue weighted by molar-refractivity contribution is 5.80. The normalized spacial score (nSPS) is 10.7. The van der Waals surface area contributed by atoms with E-state index in [1.807, 2.05) is 43.3 Å². The van der Waals surface area contributed by atoms with Crippen LogP contribution in [-0.4, -0.2) is 15.9 Å². The molecule has 122 valence electrons. The van der Waals surface area contributed by atoms with Crippen molar-refractivity contribution in [3.8, 4) is 0 Å². The summed E-state index contributed by atoms with van der Waals surface area (Å²) in [5, 5.41) is 3.83. The third kappa shape index (κ3) is 3.87. The number of nitrogens with zero attached hydrogens (tertiary/aromatic N) is 1. The van der Waals surface area contributed by atoms with Gasteiger partial charge in [-0.2, -0.15) is 0 Å². The van der Waals surface area contributed by atoms with E-state index in [2.05, 4.69) is 15.3 Å². The van der Waals surface area contributed by atoms with Crippen LogP contribution >= 0.6 is 0 Å². The van der Waals surface area contributed by atoms with Gasteiger partial charge in [-0.3, -0.25) is 14.6 Å². The molecule has 1 aromatic carbocycles. The van der Waals surface area contributed by atoms with E-state index in [1.165, 1.54) is 0 Å². The van der Waals surface area contributed by atoms with Crippen molar-refractivity contribution < 1.29 is 4.79 Å². The number of aryl methyl sites for hydroxylation is 2. The minimum Gasteiger partial charge on any atom is -0.352 e. The Hall–Kier alpha value is -2.95. The van der Waals surface area contributed by atoms with Crippen LogP contribution in [0.1, 0.15) is 23.1 Å². The lowest BCUT2D eigenvalue weighted by atomic mass is 10.1. The van der Waals surface area contributed by atoms with Gasteiger partial charge in [-0.1, -0.05) is 12.1 Å². The second-order valence-corrected chi connectivity index (χ2v) is 5.85. The molecule has 0 bridgehead atoms. The van der Waals surface area contributed by atoms with Crippen molar-refractivity contribution in [2.45, 2.75) is 26.3 Å². The molecule has 0 spiro atoms. The Morgan fingerprint density at radius 1 is 1.17 bits per heavy atom. The Balaban J connectivity index is 1.62. The van der Waals surface area contributed by atoms with E-state index in [0.717, 1.165) is 22.0 Å². The SMILES string of the molecule is Cc1ccc2cc(CCC(=O)NCc3ccncc3)c(=O)[nH]c2c1. The van der Waals surface area contributed by atoms with Crippen molar-refractivity contribution in [2.24, 2.45) is 0 Å². The lowest BCUT2D eigenvalue weighted by molar-refractivity contribution is -0.121. The number of nitrogens with one attached hydrogen (secondary N) is 2. The predicted octanol–water partition coefficient (Wildman–Crippen LogP) is 2.48. The van der Waals surface area contributed by atoms with Gasteiger partial charge in [-0.25, -0.2) is 0 Å². The molecule has 0 fully saturated rings. The Morgan fingerprint density at radius 3 is 2.75 bits per heavy atom. The monoisotopic (exact) mass is 321 g/mol. The number of benzene rings is 1. The molecule has 2 aromatic heterocycles. The summed E-state index contributed by atoms with van der Waals surface area (Å²) in [5.74, 6) is -0.0739. The molecule has 3 aromatic rings. The van der Waals surface area contributed by atoms with Crippen LogP contribution < -0.4 is 10.9 Å². The molecule has 0 aliphatic heterocycles. The number of fused-ring (bicyclic) bond motifs is 1. The summed E-state index contributed by atoms with van der Waals surface area (Å²) in [6, 6.07) is 11.5. The van der Waals surface area contributed by atoms with Crippen LogP contribution in [0.25, 0.3) is 10.9 Å². The smallest absolute Gasteiger partial charge is 0.251 e.